The Balaban J connectivity index is 0.000000310. The molecule has 1 aliphatic rings. The van der Waals surface area contributed by atoms with Crippen molar-refractivity contribution in [2.24, 2.45) is 24.2 Å². The van der Waals surface area contributed by atoms with E-state index >= 15 is 0 Å². The summed E-state index contributed by atoms with van der Waals surface area (Å²) in [5, 5.41) is 26.3. The second-order valence-electron chi connectivity index (χ2n) is 6.34. The molecule has 11 heteroatoms. The SMILES string of the molecule is Cn1cc[n+](C)c1.O=C1N=C([O-])CN1/N=C/c1ccc(-c2ccc([N+](=O)[O-])cc2)o1. The summed E-state index contributed by atoms with van der Waals surface area (Å²) >= 11 is 0. The first-order valence-corrected chi connectivity index (χ1v) is 8.74. The van der Waals surface area contributed by atoms with Gasteiger partial charge in [0, 0.05) is 17.7 Å². The van der Waals surface area contributed by atoms with Crippen LogP contribution in [0.2, 0.25) is 0 Å². The number of nitro benzene ring substituents is 1. The van der Waals surface area contributed by atoms with Crippen molar-refractivity contribution in [2.45, 2.75) is 0 Å². The van der Waals surface area contributed by atoms with Crippen molar-refractivity contribution in [1.82, 2.24) is 9.58 Å². The number of imidazole rings is 1. The van der Waals surface area contributed by atoms with Crippen LogP contribution in [-0.2, 0) is 14.1 Å². The zero-order valence-electron chi connectivity index (χ0n) is 16.2. The quantitative estimate of drug-likeness (QED) is 0.276. The van der Waals surface area contributed by atoms with E-state index in [9.17, 15) is 20.0 Å². The van der Waals surface area contributed by atoms with E-state index < -0.39 is 16.9 Å². The van der Waals surface area contributed by atoms with Gasteiger partial charge in [0.1, 0.15) is 23.9 Å². The van der Waals surface area contributed by atoms with Gasteiger partial charge in [-0.25, -0.2) is 23.9 Å². The molecule has 3 aromatic rings. The lowest BCUT2D eigenvalue weighted by atomic mass is 10.1. The van der Waals surface area contributed by atoms with Gasteiger partial charge in [0.25, 0.3) is 5.69 Å². The highest BCUT2D eigenvalue weighted by Crippen LogP contribution is 2.24. The predicted molar refractivity (Wildman–Crippen MR) is 105 cm³/mol. The van der Waals surface area contributed by atoms with Crippen LogP contribution in [-0.4, -0.2) is 39.2 Å². The molecule has 2 aromatic heterocycles. The fraction of sp³-hybridized carbons (Fsp3) is 0.158. The van der Waals surface area contributed by atoms with E-state index in [1.54, 1.807) is 24.3 Å². The molecule has 0 unspecified atom stereocenters. The number of benzene rings is 1. The Hall–Kier alpha value is -4.28. The van der Waals surface area contributed by atoms with Crippen molar-refractivity contribution in [1.29, 1.82) is 0 Å². The molecule has 1 aromatic carbocycles. The Morgan fingerprint density at radius 3 is 2.50 bits per heavy atom. The topological polar surface area (TPSA) is 133 Å². The van der Waals surface area contributed by atoms with Gasteiger partial charge in [-0.05, 0) is 30.2 Å². The number of carbonyl (C=O) groups excluding carboxylic acids is 1. The van der Waals surface area contributed by atoms with Crippen LogP contribution in [0.3, 0.4) is 0 Å². The minimum Gasteiger partial charge on any atom is -0.860 e. The lowest BCUT2D eigenvalue weighted by molar-refractivity contribution is -0.670. The molecule has 0 aliphatic carbocycles. The van der Waals surface area contributed by atoms with Crippen LogP contribution in [0.25, 0.3) is 11.3 Å². The van der Waals surface area contributed by atoms with Gasteiger partial charge in [0.05, 0.1) is 31.8 Å². The van der Waals surface area contributed by atoms with E-state index in [0.717, 1.165) is 5.01 Å². The molecule has 0 radical (unpaired) electrons. The number of hydrogen-bond donors (Lipinski definition) is 0. The zero-order chi connectivity index (χ0) is 21.7. The lowest BCUT2D eigenvalue weighted by Crippen LogP contribution is -2.26. The Labute approximate surface area is 171 Å². The van der Waals surface area contributed by atoms with Crippen molar-refractivity contribution < 1.29 is 23.8 Å². The summed E-state index contributed by atoms with van der Waals surface area (Å²) < 4.78 is 9.52. The second kappa shape index (κ2) is 8.82. The average molecular weight is 410 g/mol. The van der Waals surface area contributed by atoms with E-state index in [0.29, 0.717) is 17.1 Å². The van der Waals surface area contributed by atoms with Crippen LogP contribution in [0.4, 0.5) is 10.5 Å². The predicted octanol–water partition coefficient (Wildman–Crippen LogP) is 1.23. The number of nitrogens with zero attached hydrogens (tertiary/aromatic N) is 6. The van der Waals surface area contributed by atoms with Gasteiger partial charge in [-0.2, -0.15) is 5.10 Å². The van der Waals surface area contributed by atoms with Crippen molar-refractivity contribution in [2.75, 3.05) is 6.54 Å². The van der Waals surface area contributed by atoms with E-state index in [2.05, 4.69) is 10.1 Å². The summed E-state index contributed by atoms with van der Waals surface area (Å²) in [7, 11) is 4.00. The van der Waals surface area contributed by atoms with Crippen molar-refractivity contribution in [3.05, 3.63) is 71.0 Å². The van der Waals surface area contributed by atoms with Crippen LogP contribution in [0.15, 0.2) is 69.6 Å². The number of amides is 2. The van der Waals surface area contributed by atoms with Crippen LogP contribution in [0, 0.1) is 10.1 Å². The third-order valence-corrected chi connectivity index (χ3v) is 3.94. The molecule has 0 fully saturated rings. The van der Waals surface area contributed by atoms with Crippen LogP contribution >= 0.6 is 0 Å². The first-order chi connectivity index (χ1) is 14.3. The fourth-order valence-corrected chi connectivity index (χ4v) is 2.51. The maximum Gasteiger partial charge on any atom is 0.363 e. The molecule has 4 rings (SSSR count). The monoisotopic (exact) mass is 410 g/mol. The van der Waals surface area contributed by atoms with E-state index in [-0.39, 0.29) is 12.2 Å². The third-order valence-electron chi connectivity index (χ3n) is 3.94. The number of hydrogen-bond acceptors (Lipinski definition) is 6. The summed E-state index contributed by atoms with van der Waals surface area (Å²) in [5.74, 6) is 0.318. The highest BCUT2D eigenvalue weighted by molar-refractivity contribution is 5.96. The number of nitro groups is 1. The molecule has 0 spiro atoms. The molecule has 154 valence electrons. The maximum absolute atomic E-state index is 11.3. The number of hydrazone groups is 1. The molecule has 0 atom stereocenters. The number of urea groups is 1. The summed E-state index contributed by atoms with van der Waals surface area (Å²) in [6.07, 6.45) is 7.29. The number of furan rings is 1. The van der Waals surface area contributed by atoms with Gasteiger partial charge in [-0.3, -0.25) is 10.1 Å². The molecule has 11 nitrogen and oxygen atoms in total. The summed E-state index contributed by atoms with van der Waals surface area (Å²) in [6, 6.07) is 8.47. The van der Waals surface area contributed by atoms with Crippen molar-refractivity contribution in [3.63, 3.8) is 0 Å². The lowest BCUT2D eigenvalue weighted by Gasteiger charge is -2.07. The second-order valence-corrected chi connectivity index (χ2v) is 6.34. The molecule has 0 N–H and O–H groups in total. The van der Waals surface area contributed by atoms with Crippen LogP contribution in [0.1, 0.15) is 5.76 Å². The number of aromatic nitrogens is 2. The number of rotatable bonds is 4. The van der Waals surface area contributed by atoms with Crippen molar-refractivity contribution in [3.8, 4) is 11.3 Å². The van der Waals surface area contributed by atoms with E-state index in [1.165, 1.54) is 18.3 Å². The Morgan fingerprint density at radius 1 is 1.27 bits per heavy atom. The molecule has 3 heterocycles. The van der Waals surface area contributed by atoms with Crippen molar-refractivity contribution >= 4 is 23.8 Å². The first-order valence-electron chi connectivity index (χ1n) is 8.74. The Kier molecular flexibility index (Phi) is 6.01. The fourth-order valence-electron chi connectivity index (χ4n) is 2.51. The summed E-state index contributed by atoms with van der Waals surface area (Å²) in [5.41, 5.74) is 0.653. The number of non-ortho nitro benzene ring substituents is 1. The van der Waals surface area contributed by atoms with Crippen LogP contribution < -0.4 is 9.67 Å². The summed E-state index contributed by atoms with van der Waals surface area (Å²) in [6.45, 7) is -0.189. The molecule has 30 heavy (non-hydrogen) atoms. The van der Waals surface area contributed by atoms with Crippen LogP contribution in [0.5, 0.6) is 0 Å². The van der Waals surface area contributed by atoms with Gasteiger partial charge in [-0.15, -0.1) is 0 Å². The third kappa shape index (κ3) is 5.16. The van der Waals surface area contributed by atoms with Gasteiger partial charge in [0.2, 0.25) is 6.33 Å². The smallest absolute Gasteiger partial charge is 0.363 e. The Morgan fingerprint density at radius 2 is 2.00 bits per heavy atom. The molecular formula is C19H18N6O5. The first kappa shape index (κ1) is 20.5. The number of aryl methyl sites for hydroxylation is 2. The molecule has 0 saturated carbocycles. The minimum absolute atomic E-state index is 0.0111. The molecule has 0 bridgehead atoms. The zero-order valence-corrected chi connectivity index (χ0v) is 16.2. The average Bonchev–Trinajstić information content (AvgIpc) is 3.41. The van der Waals surface area contributed by atoms with Gasteiger partial charge in [-0.1, -0.05) is 0 Å². The highest BCUT2D eigenvalue weighted by atomic mass is 16.6. The summed E-state index contributed by atoms with van der Waals surface area (Å²) in [4.78, 5) is 24.6. The van der Waals surface area contributed by atoms with Gasteiger partial charge < -0.3 is 9.52 Å². The maximum atomic E-state index is 11.3. The van der Waals surface area contributed by atoms with Gasteiger partial charge >= 0.3 is 6.03 Å². The normalized spacial score (nSPS) is 13.3. The molecule has 2 amide bonds. The van der Waals surface area contributed by atoms with E-state index in [1.807, 2.05) is 42.0 Å². The molecular weight excluding hydrogens is 392 g/mol. The minimum atomic E-state index is -0.714. The van der Waals surface area contributed by atoms with Gasteiger partial charge in [0.15, 0.2) is 0 Å². The standard InChI is InChI=1S/C14H10N4O5.C5H9N2/c19-13-8-17(14(20)16-13)15-7-11-5-6-12(23-11)9-1-3-10(4-2-9)18(21)22;1-6-3-4-7(2)5-6/h1-7H,8H2,(H,16,19,20);3-5H,1-2H3/q;+1/p-1/b15-7+;. The largest absolute Gasteiger partial charge is 0.860 e. The molecule has 0 saturated heterocycles. The van der Waals surface area contributed by atoms with E-state index in [4.69, 9.17) is 4.42 Å². The highest BCUT2D eigenvalue weighted by Gasteiger charge is 2.17. The molecule has 1 aliphatic heterocycles. The number of carbonyl (C=O) groups is 1. The Bertz CT molecular complexity index is 1100. The number of aliphatic imine (C=N–C) groups is 1.